The molecule has 0 aromatic carbocycles. The molecule has 0 fully saturated rings. The molecule has 0 saturated heterocycles. The summed E-state index contributed by atoms with van der Waals surface area (Å²) in [5, 5.41) is 7.75. The zero-order valence-electron chi connectivity index (χ0n) is 13.8. The quantitative estimate of drug-likeness (QED) is 0.780. The highest BCUT2D eigenvalue weighted by Gasteiger charge is 2.13. The Hall–Kier alpha value is -2.28. The third kappa shape index (κ3) is 3.24. The van der Waals surface area contributed by atoms with Crippen molar-refractivity contribution < 1.29 is 0 Å². The minimum Gasteiger partial charge on any atom is -0.354 e. The Morgan fingerprint density at radius 1 is 1.17 bits per heavy atom. The van der Waals surface area contributed by atoms with Gasteiger partial charge in [0.1, 0.15) is 0 Å². The number of aromatic nitrogens is 5. The molecule has 0 aliphatic rings. The second-order valence-corrected chi connectivity index (χ2v) is 6.41. The van der Waals surface area contributed by atoms with E-state index in [0.29, 0.717) is 5.95 Å². The van der Waals surface area contributed by atoms with Crippen molar-refractivity contribution in [3.63, 3.8) is 0 Å². The number of rotatable bonds is 5. The van der Waals surface area contributed by atoms with Crippen LogP contribution in [0.1, 0.15) is 22.0 Å². The van der Waals surface area contributed by atoms with Crippen LogP contribution in [0.5, 0.6) is 0 Å². The van der Waals surface area contributed by atoms with Crippen LogP contribution in [-0.4, -0.2) is 31.3 Å². The maximum absolute atomic E-state index is 4.63. The summed E-state index contributed by atoms with van der Waals surface area (Å²) in [5.41, 5.74) is 7.06. The molecule has 0 bridgehead atoms. The standard InChI is InChI=1S/C16H20N6S/c1-10-14(23-9-19-10)6-8-18-16-17-7-5-13(20-16)15-11(2)21-22(4)12(15)3/h5,7,9H,6,8H2,1-4H3,(H,17,18,20). The molecule has 23 heavy (non-hydrogen) atoms. The Kier molecular flexibility index (Phi) is 4.38. The molecule has 3 aromatic heterocycles. The summed E-state index contributed by atoms with van der Waals surface area (Å²) in [6.45, 7) is 6.88. The van der Waals surface area contributed by atoms with Crippen LogP contribution in [0.15, 0.2) is 17.8 Å². The van der Waals surface area contributed by atoms with Gasteiger partial charge in [-0.15, -0.1) is 11.3 Å². The van der Waals surface area contributed by atoms with Crippen LogP contribution in [-0.2, 0) is 13.5 Å². The first-order valence-corrected chi connectivity index (χ1v) is 8.40. The van der Waals surface area contributed by atoms with Crippen LogP contribution in [0, 0.1) is 20.8 Å². The molecular weight excluding hydrogens is 308 g/mol. The molecule has 7 heteroatoms. The third-order valence-corrected chi connectivity index (χ3v) is 4.90. The van der Waals surface area contributed by atoms with Crippen LogP contribution in [0.25, 0.3) is 11.3 Å². The average molecular weight is 328 g/mol. The topological polar surface area (TPSA) is 68.5 Å². The van der Waals surface area contributed by atoms with Gasteiger partial charge in [-0.1, -0.05) is 0 Å². The maximum Gasteiger partial charge on any atom is 0.223 e. The first kappa shape index (κ1) is 15.6. The summed E-state index contributed by atoms with van der Waals surface area (Å²) in [6, 6.07) is 1.93. The summed E-state index contributed by atoms with van der Waals surface area (Å²) in [7, 11) is 1.95. The van der Waals surface area contributed by atoms with E-state index in [4.69, 9.17) is 0 Å². The van der Waals surface area contributed by atoms with Gasteiger partial charge in [0.2, 0.25) is 5.95 Å². The molecule has 0 aliphatic heterocycles. The van der Waals surface area contributed by atoms with Crippen LogP contribution in [0.4, 0.5) is 5.95 Å². The minimum atomic E-state index is 0.646. The molecule has 0 unspecified atom stereocenters. The van der Waals surface area contributed by atoms with Gasteiger partial charge in [0.05, 0.1) is 22.6 Å². The predicted molar refractivity (Wildman–Crippen MR) is 92.8 cm³/mol. The van der Waals surface area contributed by atoms with Gasteiger partial charge in [0, 0.05) is 42.3 Å². The molecule has 0 amide bonds. The Labute approximate surface area is 139 Å². The van der Waals surface area contributed by atoms with Crippen LogP contribution >= 0.6 is 11.3 Å². The van der Waals surface area contributed by atoms with Crippen molar-refractivity contribution >= 4 is 17.3 Å². The zero-order valence-corrected chi connectivity index (χ0v) is 14.6. The largest absolute Gasteiger partial charge is 0.354 e. The number of anilines is 1. The third-order valence-electron chi connectivity index (χ3n) is 3.90. The smallest absolute Gasteiger partial charge is 0.223 e. The normalized spacial score (nSPS) is 11.0. The average Bonchev–Trinajstić information content (AvgIpc) is 3.03. The van der Waals surface area contributed by atoms with Gasteiger partial charge < -0.3 is 5.32 Å². The van der Waals surface area contributed by atoms with E-state index in [2.05, 4.69) is 32.3 Å². The molecule has 0 atom stereocenters. The molecular formula is C16H20N6S. The number of aryl methyl sites for hydroxylation is 3. The van der Waals surface area contributed by atoms with Gasteiger partial charge in [-0.3, -0.25) is 4.68 Å². The van der Waals surface area contributed by atoms with Crippen molar-refractivity contribution in [3.05, 3.63) is 39.7 Å². The summed E-state index contributed by atoms with van der Waals surface area (Å²) in [4.78, 5) is 14.5. The highest BCUT2D eigenvalue weighted by molar-refractivity contribution is 7.09. The SMILES string of the molecule is Cc1ncsc1CCNc1nccc(-c2c(C)nn(C)c2C)n1. The van der Waals surface area contributed by atoms with Crippen molar-refractivity contribution in [1.82, 2.24) is 24.7 Å². The summed E-state index contributed by atoms with van der Waals surface area (Å²) >= 11 is 1.69. The molecule has 6 nitrogen and oxygen atoms in total. The minimum absolute atomic E-state index is 0.646. The van der Waals surface area contributed by atoms with Crippen LogP contribution in [0.2, 0.25) is 0 Å². The van der Waals surface area contributed by atoms with E-state index in [1.807, 2.05) is 37.2 Å². The molecule has 3 aromatic rings. The molecule has 3 heterocycles. The van der Waals surface area contributed by atoms with Crippen molar-refractivity contribution in [3.8, 4) is 11.3 Å². The first-order chi connectivity index (χ1) is 11.1. The number of thiazole rings is 1. The molecule has 120 valence electrons. The molecule has 0 saturated carbocycles. The van der Waals surface area contributed by atoms with Gasteiger partial charge in [-0.05, 0) is 26.8 Å². The Balaban J connectivity index is 1.74. The second kappa shape index (κ2) is 6.45. The van der Waals surface area contributed by atoms with Crippen molar-refractivity contribution in [2.45, 2.75) is 27.2 Å². The van der Waals surface area contributed by atoms with Crippen molar-refractivity contribution in [2.75, 3.05) is 11.9 Å². The van der Waals surface area contributed by atoms with Gasteiger partial charge >= 0.3 is 0 Å². The zero-order chi connectivity index (χ0) is 16.4. The lowest BCUT2D eigenvalue weighted by atomic mass is 10.1. The molecule has 3 rings (SSSR count). The highest BCUT2D eigenvalue weighted by Crippen LogP contribution is 2.25. The van der Waals surface area contributed by atoms with Gasteiger partial charge in [-0.2, -0.15) is 5.10 Å². The van der Waals surface area contributed by atoms with Crippen molar-refractivity contribution in [2.24, 2.45) is 7.05 Å². The number of hydrogen-bond acceptors (Lipinski definition) is 6. The van der Waals surface area contributed by atoms with E-state index in [9.17, 15) is 0 Å². The van der Waals surface area contributed by atoms with E-state index in [-0.39, 0.29) is 0 Å². The summed E-state index contributed by atoms with van der Waals surface area (Å²) in [6.07, 6.45) is 2.71. The van der Waals surface area contributed by atoms with Gasteiger partial charge in [0.15, 0.2) is 0 Å². The van der Waals surface area contributed by atoms with Crippen LogP contribution < -0.4 is 5.32 Å². The Morgan fingerprint density at radius 3 is 2.65 bits per heavy atom. The number of hydrogen-bond donors (Lipinski definition) is 1. The number of nitrogens with one attached hydrogen (secondary N) is 1. The fourth-order valence-corrected chi connectivity index (χ4v) is 3.36. The van der Waals surface area contributed by atoms with Crippen molar-refractivity contribution in [1.29, 1.82) is 0 Å². The summed E-state index contributed by atoms with van der Waals surface area (Å²) in [5.74, 6) is 0.646. The molecule has 0 radical (unpaired) electrons. The predicted octanol–water partition coefficient (Wildman–Crippen LogP) is 2.91. The lowest BCUT2D eigenvalue weighted by molar-refractivity contribution is 0.731. The second-order valence-electron chi connectivity index (χ2n) is 5.47. The van der Waals surface area contributed by atoms with E-state index < -0.39 is 0 Å². The van der Waals surface area contributed by atoms with E-state index >= 15 is 0 Å². The Morgan fingerprint density at radius 2 is 2.00 bits per heavy atom. The fraction of sp³-hybridized carbons (Fsp3) is 0.375. The van der Waals surface area contributed by atoms with Gasteiger partial charge in [0.25, 0.3) is 0 Å². The number of nitrogens with zero attached hydrogens (tertiary/aromatic N) is 5. The fourth-order valence-electron chi connectivity index (χ4n) is 2.58. The first-order valence-electron chi connectivity index (χ1n) is 7.52. The molecule has 0 aliphatic carbocycles. The lowest BCUT2D eigenvalue weighted by Crippen LogP contribution is -2.08. The lowest BCUT2D eigenvalue weighted by Gasteiger charge is -2.07. The monoisotopic (exact) mass is 328 g/mol. The molecule has 0 spiro atoms. The Bertz CT molecular complexity index is 820. The van der Waals surface area contributed by atoms with Crippen LogP contribution in [0.3, 0.4) is 0 Å². The highest BCUT2D eigenvalue weighted by atomic mass is 32.1. The van der Waals surface area contributed by atoms with E-state index in [1.54, 1.807) is 17.5 Å². The van der Waals surface area contributed by atoms with E-state index in [0.717, 1.165) is 41.3 Å². The molecule has 1 N–H and O–H groups in total. The summed E-state index contributed by atoms with van der Waals surface area (Å²) < 4.78 is 1.88. The maximum atomic E-state index is 4.63. The van der Waals surface area contributed by atoms with Gasteiger partial charge in [-0.25, -0.2) is 15.0 Å². The van der Waals surface area contributed by atoms with E-state index in [1.165, 1.54) is 4.88 Å².